The van der Waals surface area contributed by atoms with E-state index in [1.54, 1.807) is 0 Å². The lowest BCUT2D eigenvalue weighted by atomic mass is 10.1. The largest absolute Gasteiger partial charge is 0.114 e. The number of allylic oxidation sites excluding steroid dienone is 1. The fraction of sp³-hybridized carbons (Fsp3) is 0.0476. The van der Waals surface area contributed by atoms with E-state index in [9.17, 15) is 0 Å². The van der Waals surface area contributed by atoms with Crippen LogP contribution in [0.15, 0.2) is 91.0 Å². The number of hydrogen-bond donors (Lipinski definition) is 0. The average Bonchev–Trinajstić information content (AvgIpc) is 3.01. The van der Waals surface area contributed by atoms with Gasteiger partial charge in [-0.2, -0.15) is 0 Å². The molecule has 1 atom stereocenters. The van der Waals surface area contributed by atoms with E-state index >= 15 is 0 Å². The third-order valence-electron chi connectivity index (χ3n) is 4.51. The van der Waals surface area contributed by atoms with Crippen LogP contribution in [0.4, 0.5) is 0 Å². The minimum Gasteiger partial charge on any atom is -0.0787 e. The van der Waals surface area contributed by atoms with Crippen LogP contribution in [-0.4, -0.2) is 8.80 Å². The molecule has 0 fully saturated rings. The lowest BCUT2D eigenvalue weighted by molar-refractivity contribution is 1.22. The first kappa shape index (κ1) is 13.3. The first-order valence-corrected chi connectivity index (χ1v) is 9.62. The van der Waals surface area contributed by atoms with Gasteiger partial charge in [-0.05, 0) is 11.1 Å². The molecule has 22 heavy (non-hydrogen) atoms. The van der Waals surface area contributed by atoms with Crippen LogP contribution in [0.2, 0.25) is 0 Å². The second kappa shape index (κ2) is 5.78. The van der Waals surface area contributed by atoms with E-state index in [2.05, 4.69) is 97.1 Å². The van der Waals surface area contributed by atoms with Crippen LogP contribution >= 0.6 is 0 Å². The zero-order valence-electron chi connectivity index (χ0n) is 12.4. The van der Waals surface area contributed by atoms with Gasteiger partial charge in [0.15, 0.2) is 0 Å². The molecule has 0 nitrogen and oxygen atoms in total. The van der Waals surface area contributed by atoms with Crippen LogP contribution in [0.3, 0.4) is 0 Å². The summed E-state index contributed by atoms with van der Waals surface area (Å²) in [6.07, 6.45) is 4.72. The highest BCUT2D eigenvalue weighted by Crippen LogP contribution is 2.31. The van der Waals surface area contributed by atoms with Crippen molar-refractivity contribution in [3.8, 4) is 0 Å². The van der Waals surface area contributed by atoms with Crippen LogP contribution in [-0.2, 0) is 0 Å². The van der Waals surface area contributed by atoms with E-state index in [0.717, 1.165) is 0 Å². The normalized spacial score (nSPS) is 16.0. The summed E-state index contributed by atoms with van der Waals surface area (Å²) >= 11 is 0. The van der Waals surface area contributed by atoms with Gasteiger partial charge < -0.3 is 0 Å². The van der Waals surface area contributed by atoms with Crippen molar-refractivity contribution in [3.05, 3.63) is 102 Å². The molecular formula is C21H18Si. The van der Waals surface area contributed by atoms with E-state index in [4.69, 9.17) is 0 Å². The molecule has 0 amide bonds. The van der Waals surface area contributed by atoms with Crippen LogP contribution in [0, 0.1) is 0 Å². The first-order chi connectivity index (χ1) is 10.9. The van der Waals surface area contributed by atoms with Gasteiger partial charge in [-0.1, -0.05) is 107 Å². The van der Waals surface area contributed by atoms with Gasteiger partial charge in [0, 0.05) is 5.54 Å². The molecule has 0 aliphatic heterocycles. The Labute approximate surface area is 133 Å². The van der Waals surface area contributed by atoms with Crippen molar-refractivity contribution < 1.29 is 0 Å². The third-order valence-corrected chi connectivity index (χ3v) is 8.02. The van der Waals surface area contributed by atoms with Crippen molar-refractivity contribution in [2.24, 2.45) is 0 Å². The van der Waals surface area contributed by atoms with Gasteiger partial charge in [-0.15, -0.1) is 0 Å². The zero-order valence-corrected chi connectivity index (χ0v) is 13.5. The summed E-state index contributed by atoms with van der Waals surface area (Å²) in [6, 6.07) is 30.9. The highest BCUT2D eigenvalue weighted by atomic mass is 28.3. The monoisotopic (exact) mass is 298 g/mol. The lowest BCUT2D eigenvalue weighted by Crippen LogP contribution is -2.46. The van der Waals surface area contributed by atoms with Gasteiger partial charge in [-0.3, -0.25) is 0 Å². The Morgan fingerprint density at radius 2 is 1.14 bits per heavy atom. The molecule has 0 spiro atoms. The molecule has 0 bridgehead atoms. The molecule has 0 heterocycles. The SMILES string of the molecule is C1=CC([SiH](c2ccccc2)c2ccccc2)c2ccccc21. The van der Waals surface area contributed by atoms with Gasteiger partial charge in [0.1, 0.15) is 8.80 Å². The maximum atomic E-state index is 2.42. The van der Waals surface area contributed by atoms with Crippen LogP contribution < -0.4 is 10.4 Å². The predicted molar refractivity (Wildman–Crippen MR) is 97.5 cm³/mol. The molecule has 1 aliphatic carbocycles. The molecule has 1 heteroatoms. The summed E-state index contributed by atoms with van der Waals surface area (Å²) in [5.41, 5.74) is 3.42. The van der Waals surface area contributed by atoms with Gasteiger partial charge in [-0.25, -0.2) is 0 Å². The second-order valence-electron chi connectivity index (χ2n) is 5.81. The fourth-order valence-electron chi connectivity index (χ4n) is 3.50. The zero-order chi connectivity index (χ0) is 14.8. The topological polar surface area (TPSA) is 0 Å². The lowest BCUT2D eigenvalue weighted by Gasteiger charge is -2.23. The summed E-state index contributed by atoms with van der Waals surface area (Å²) < 4.78 is 0. The fourth-order valence-corrected chi connectivity index (χ4v) is 6.98. The highest BCUT2D eigenvalue weighted by Gasteiger charge is 2.29. The molecule has 0 aromatic heterocycles. The Bertz CT molecular complexity index is 751. The van der Waals surface area contributed by atoms with Gasteiger partial charge in [0.25, 0.3) is 0 Å². The second-order valence-corrected chi connectivity index (χ2v) is 8.82. The van der Waals surface area contributed by atoms with Gasteiger partial charge in [0.05, 0.1) is 0 Å². The van der Waals surface area contributed by atoms with Gasteiger partial charge in [0.2, 0.25) is 0 Å². The molecule has 1 aliphatic rings. The van der Waals surface area contributed by atoms with E-state index in [-0.39, 0.29) is 0 Å². The van der Waals surface area contributed by atoms with Crippen molar-refractivity contribution >= 4 is 25.2 Å². The molecular weight excluding hydrogens is 280 g/mol. The minimum atomic E-state index is -1.33. The summed E-state index contributed by atoms with van der Waals surface area (Å²) in [5, 5.41) is 3.03. The van der Waals surface area contributed by atoms with Crippen molar-refractivity contribution in [3.63, 3.8) is 0 Å². The molecule has 4 rings (SSSR count). The molecule has 0 radical (unpaired) electrons. The molecule has 3 aromatic carbocycles. The molecule has 0 saturated heterocycles. The highest BCUT2D eigenvalue weighted by molar-refractivity contribution is 6.86. The van der Waals surface area contributed by atoms with Crippen molar-refractivity contribution in [2.45, 2.75) is 5.54 Å². The first-order valence-electron chi connectivity index (χ1n) is 7.80. The standard InChI is InChI=1S/C21H18Si/c1-3-10-18(11-4-1)22(19-12-5-2-6-13-19)21-16-15-17-9-7-8-14-20(17)21/h1-16,21-22H. The number of hydrogen-bond acceptors (Lipinski definition) is 0. The summed E-state index contributed by atoms with van der Waals surface area (Å²) in [7, 11) is -1.33. The van der Waals surface area contributed by atoms with E-state index in [0.29, 0.717) is 5.54 Å². The van der Waals surface area contributed by atoms with E-state index < -0.39 is 8.80 Å². The maximum absolute atomic E-state index is 2.42. The van der Waals surface area contributed by atoms with Crippen molar-refractivity contribution in [1.82, 2.24) is 0 Å². The van der Waals surface area contributed by atoms with Crippen LogP contribution in [0.1, 0.15) is 16.7 Å². The molecule has 0 N–H and O–H groups in total. The van der Waals surface area contributed by atoms with E-state index in [1.807, 2.05) is 0 Å². The smallest absolute Gasteiger partial charge is 0.0787 e. The maximum Gasteiger partial charge on any atom is 0.114 e. The minimum absolute atomic E-state index is 0.543. The number of rotatable bonds is 3. The quantitative estimate of drug-likeness (QED) is 0.650. The Hall–Kier alpha value is -2.38. The van der Waals surface area contributed by atoms with Crippen LogP contribution in [0.5, 0.6) is 0 Å². The Morgan fingerprint density at radius 3 is 1.77 bits per heavy atom. The summed E-state index contributed by atoms with van der Waals surface area (Å²) in [5.74, 6) is 0. The van der Waals surface area contributed by atoms with Crippen molar-refractivity contribution in [2.75, 3.05) is 0 Å². The molecule has 106 valence electrons. The Morgan fingerprint density at radius 1 is 0.591 bits per heavy atom. The van der Waals surface area contributed by atoms with E-state index in [1.165, 1.54) is 21.5 Å². The molecule has 0 saturated carbocycles. The Kier molecular flexibility index (Phi) is 3.49. The third kappa shape index (κ3) is 2.34. The number of benzene rings is 3. The summed E-state index contributed by atoms with van der Waals surface area (Å²) in [4.78, 5) is 0. The average molecular weight is 298 g/mol. The Balaban J connectivity index is 1.85. The summed E-state index contributed by atoms with van der Waals surface area (Å²) in [6.45, 7) is 0. The number of fused-ring (bicyclic) bond motifs is 1. The van der Waals surface area contributed by atoms with Crippen LogP contribution in [0.25, 0.3) is 6.08 Å². The predicted octanol–water partition coefficient (Wildman–Crippen LogP) is 3.38. The molecule has 1 unspecified atom stereocenters. The van der Waals surface area contributed by atoms with Crippen molar-refractivity contribution in [1.29, 1.82) is 0 Å². The molecule has 3 aromatic rings. The van der Waals surface area contributed by atoms with Gasteiger partial charge >= 0.3 is 0 Å².